The fourth-order valence-corrected chi connectivity index (χ4v) is 2.10. The minimum Gasteiger partial charge on any atom is -0.481 e. The van der Waals surface area contributed by atoms with Crippen LogP contribution in [0.3, 0.4) is 0 Å². The molecule has 0 atom stereocenters. The number of halogens is 1. The first-order valence-corrected chi connectivity index (χ1v) is 6.57. The molecule has 0 fully saturated rings. The number of pyridine rings is 1. The minimum absolute atomic E-state index is 0.0241. The highest BCUT2D eigenvalue weighted by Crippen LogP contribution is 2.28. The molecule has 2 aromatic rings. The topological polar surface area (TPSA) is 77.3 Å². The number of anilines is 1. The molecule has 1 aromatic carbocycles. The summed E-state index contributed by atoms with van der Waals surface area (Å²) in [6, 6.07) is 8.39. The van der Waals surface area contributed by atoms with Crippen LogP contribution in [0.15, 0.2) is 41.0 Å². The second-order valence-electron chi connectivity index (χ2n) is 3.94. The van der Waals surface area contributed by atoms with Gasteiger partial charge in [-0.05, 0) is 18.2 Å². The summed E-state index contributed by atoms with van der Waals surface area (Å²) in [5.74, 6) is 0.498. The second kappa shape index (κ2) is 6.33. The van der Waals surface area contributed by atoms with E-state index in [2.05, 4.69) is 26.2 Å². The van der Waals surface area contributed by atoms with Crippen LogP contribution in [0.4, 0.5) is 11.4 Å². The van der Waals surface area contributed by atoms with Gasteiger partial charge in [0, 0.05) is 28.8 Å². The molecule has 0 bridgehead atoms. The molecule has 0 amide bonds. The van der Waals surface area contributed by atoms with E-state index < -0.39 is 4.92 Å². The number of nitro benzene ring substituents is 1. The van der Waals surface area contributed by atoms with Gasteiger partial charge in [0.2, 0.25) is 5.88 Å². The van der Waals surface area contributed by atoms with Crippen molar-refractivity contribution in [2.45, 2.75) is 6.54 Å². The Labute approximate surface area is 124 Å². The molecule has 20 heavy (non-hydrogen) atoms. The molecule has 7 heteroatoms. The van der Waals surface area contributed by atoms with Crippen molar-refractivity contribution in [3.8, 4) is 5.88 Å². The highest BCUT2D eigenvalue weighted by atomic mass is 79.9. The third-order valence-electron chi connectivity index (χ3n) is 2.67. The van der Waals surface area contributed by atoms with Crippen molar-refractivity contribution in [2.75, 3.05) is 12.4 Å². The average molecular weight is 338 g/mol. The van der Waals surface area contributed by atoms with Gasteiger partial charge in [-0.15, -0.1) is 0 Å². The van der Waals surface area contributed by atoms with Gasteiger partial charge in [0.25, 0.3) is 5.69 Å². The third-order valence-corrected chi connectivity index (χ3v) is 3.16. The highest BCUT2D eigenvalue weighted by molar-refractivity contribution is 9.10. The summed E-state index contributed by atoms with van der Waals surface area (Å²) in [7, 11) is 1.54. The van der Waals surface area contributed by atoms with Crippen molar-refractivity contribution in [3.63, 3.8) is 0 Å². The minimum atomic E-state index is -0.421. The smallest absolute Gasteiger partial charge is 0.292 e. The van der Waals surface area contributed by atoms with Gasteiger partial charge < -0.3 is 10.1 Å². The quantitative estimate of drug-likeness (QED) is 0.668. The zero-order valence-electron chi connectivity index (χ0n) is 10.7. The molecule has 0 aliphatic rings. The Bertz CT molecular complexity index is 634. The standard InChI is InChI=1S/C13H12BrN3O3/c1-20-13-9(3-2-6-15-13)8-16-11-7-10(14)4-5-12(11)17(18)19/h2-7,16H,8H2,1H3. The molecule has 6 nitrogen and oxygen atoms in total. The maximum absolute atomic E-state index is 11.0. The van der Waals surface area contributed by atoms with E-state index >= 15 is 0 Å². The van der Waals surface area contributed by atoms with Crippen LogP contribution in [0, 0.1) is 10.1 Å². The number of hydrogen-bond donors (Lipinski definition) is 1. The molecular formula is C13H12BrN3O3. The molecular weight excluding hydrogens is 326 g/mol. The van der Waals surface area contributed by atoms with Crippen molar-refractivity contribution in [3.05, 3.63) is 56.7 Å². The van der Waals surface area contributed by atoms with Gasteiger partial charge in [0.15, 0.2) is 0 Å². The zero-order valence-corrected chi connectivity index (χ0v) is 12.3. The van der Waals surface area contributed by atoms with Gasteiger partial charge in [-0.1, -0.05) is 22.0 Å². The molecule has 1 heterocycles. The van der Waals surface area contributed by atoms with Crippen LogP contribution >= 0.6 is 15.9 Å². The molecule has 0 spiro atoms. The first-order valence-electron chi connectivity index (χ1n) is 5.77. The molecule has 104 valence electrons. The Hall–Kier alpha value is -2.15. The molecule has 0 unspecified atom stereocenters. The van der Waals surface area contributed by atoms with Gasteiger partial charge in [0.1, 0.15) is 5.69 Å². The third kappa shape index (κ3) is 3.24. The summed E-state index contributed by atoms with van der Waals surface area (Å²) < 4.78 is 5.91. The number of rotatable bonds is 5. The lowest BCUT2D eigenvalue weighted by Crippen LogP contribution is -2.04. The molecule has 0 radical (unpaired) electrons. The lowest BCUT2D eigenvalue weighted by Gasteiger charge is -2.10. The van der Waals surface area contributed by atoms with E-state index in [0.29, 0.717) is 18.1 Å². The van der Waals surface area contributed by atoms with E-state index in [0.717, 1.165) is 10.0 Å². The maximum Gasteiger partial charge on any atom is 0.292 e. The van der Waals surface area contributed by atoms with Crippen LogP contribution in [0.1, 0.15) is 5.56 Å². The molecule has 0 aliphatic heterocycles. The molecule has 0 aliphatic carbocycles. The van der Waals surface area contributed by atoms with E-state index in [1.807, 2.05) is 6.07 Å². The molecule has 1 N–H and O–H groups in total. The van der Waals surface area contributed by atoms with Crippen LogP contribution in [-0.2, 0) is 6.54 Å². The van der Waals surface area contributed by atoms with Crippen LogP contribution in [0.5, 0.6) is 5.88 Å². The maximum atomic E-state index is 11.0. The molecule has 0 saturated heterocycles. The average Bonchev–Trinajstić information content (AvgIpc) is 2.45. The van der Waals surface area contributed by atoms with Crippen molar-refractivity contribution in [2.24, 2.45) is 0 Å². The lowest BCUT2D eigenvalue weighted by molar-refractivity contribution is -0.384. The summed E-state index contributed by atoms with van der Waals surface area (Å²) in [5.41, 5.74) is 1.29. The Kier molecular flexibility index (Phi) is 4.52. The van der Waals surface area contributed by atoms with Gasteiger partial charge in [-0.3, -0.25) is 10.1 Å². The lowest BCUT2D eigenvalue weighted by atomic mass is 10.2. The number of benzene rings is 1. The summed E-state index contributed by atoms with van der Waals surface area (Å²) in [6.07, 6.45) is 1.63. The number of aromatic nitrogens is 1. The van der Waals surface area contributed by atoms with Crippen LogP contribution in [-0.4, -0.2) is 17.0 Å². The van der Waals surface area contributed by atoms with Gasteiger partial charge in [0.05, 0.1) is 12.0 Å². The van der Waals surface area contributed by atoms with Crippen molar-refractivity contribution in [1.29, 1.82) is 0 Å². The number of ether oxygens (including phenoxy) is 1. The highest BCUT2D eigenvalue weighted by Gasteiger charge is 2.14. The number of nitrogens with one attached hydrogen (secondary N) is 1. The fraction of sp³-hybridized carbons (Fsp3) is 0.154. The number of nitro groups is 1. The predicted octanol–water partition coefficient (Wildman–Crippen LogP) is 3.37. The second-order valence-corrected chi connectivity index (χ2v) is 4.86. The fourth-order valence-electron chi connectivity index (χ4n) is 1.74. The summed E-state index contributed by atoms with van der Waals surface area (Å²) in [5, 5.41) is 14.0. The van der Waals surface area contributed by atoms with Crippen molar-refractivity contribution < 1.29 is 9.66 Å². The number of methoxy groups -OCH3 is 1. The first-order chi connectivity index (χ1) is 9.61. The predicted molar refractivity (Wildman–Crippen MR) is 78.9 cm³/mol. The number of nitrogens with zero attached hydrogens (tertiary/aromatic N) is 2. The first kappa shape index (κ1) is 14.3. The summed E-state index contributed by atoms with van der Waals surface area (Å²) in [4.78, 5) is 14.6. The molecule has 0 saturated carbocycles. The van der Waals surface area contributed by atoms with Gasteiger partial charge in [-0.25, -0.2) is 4.98 Å². The monoisotopic (exact) mass is 337 g/mol. The number of hydrogen-bond acceptors (Lipinski definition) is 5. The summed E-state index contributed by atoms with van der Waals surface area (Å²) >= 11 is 3.30. The largest absolute Gasteiger partial charge is 0.481 e. The van der Waals surface area contributed by atoms with E-state index in [1.54, 1.807) is 24.4 Å². The van der Waals surface area contributed by atoms with Crippen molar-refractivity contribution >= 4 is 27.3 Å². The van der Waals surface area contributed by atoms with E-state index in [1.165, 1.54) is 13.2 Å². The van der Waals surface area contributed by atoms with Crippen LogP contribution in [0.2, 0.25) is 0 Å². The SMILES string of the molecule is COc1ncccc1CNc1cc(Br)ccc1[N+](=O)[O-]. The molecule has 2 rings (SSSR count). The van der Waals surface area contributed by atoms with E-state index in [-0.39, 0.29) is 5.69 Å². The Morgan fingerprint density at radius 1 is 1.45 bits per heavy atom. The normalized spacial score (nSPS) is 10.1. The van der Waals surface area contributed by atoms with E-state index in [4.69, 9.17) is 4.74 Å². The zero-order chi connectivity index (χ0) is 14.5. The van der Waals surface area contributed by atoms with Crippen LogP contribution in [0.25, 0.3) is 0 Å². The Morgan fingerprint density at radius 3 is 2.95 bits per heavy atom. The summed E-state index contributed by atoms with van der Waals surface area (Å²) in [6.45, 7) is 0.383. The van der Waals surface area contributed by atoms with Gasteiger partial charge in [-0.2, -0.15) is 0 Å². The van der Waals surface area contributed by atoms with Crippen molar-refractivity contribution in [1.82, 2.24) is 4.98 Å². The van der Waals surface area contributed by atoms with Crippen LogP contribution < -0.4 is 10.1 Å². The molecule has 1 aromatic heterocycles. The van der Waals surface area contributed by atoms with E-state index in [9.17, 15) is 10.1 Å². The Balaban J connectivity index is 2.22. The Morgan fingerprint density at radius 2 is 2.25 bits per heavy atom. The van der Waals surface area contributed by atoms with Gasteiger partial charge >= 0.3 is 0 Å².